The van der Waals surface area contributed by atoms with Gasteiger partial charge in [-0.1, -0.05) is 29.8 Å². The van der Waals surface area contributed by atoms with E-state index in [0.29, 0.717) is 5.75 Å². The minimum absolute atomic E-state index is 0.0572. The summed E-state index contributed by atoms with van der Waals surface area (Å²) in [6.07, 6.45) is 3.79. The number of phenolic OH excluding ortho intramolecular Hbond substituents is 1. The first-order valence-corrected chi connectivity index (χ1v) is 8.93. The van der Waals surface area contributed by atoms with E-state index < -0.39 is 0 Å². The molecule has 27 heavy (non-hydrogen) atoms. The molecule has 3 N–H and O–H groups in total. The predicted molar refractivity (Wildman–Crippen MR) is 107 cm³/mol. The third-order valence-corrected chi connectivity index (χ3v) is 5.32. The SMILES string of the molecule is COc1cc(C2Nc3ccccc3-c3ccnc4[nH]cc2c34)cc(Cl)c1O. The Labute approximate surface area is 160 Å². The first-order chi connectivity index (χ1) is 13.2. The molecule has 0 amide bonds. The average molecular weight is 378 g/mol. The van der Waals surface area contributed by atoms with Crippen molar-refractivity contribution in [2.24, 2.45) is 0 Å². The maximum atomic E-state index is 10.1. The van der Waals surface area contributed by atoms with E-state index in [9.17, 15) is 5.11 Å². The van der Waals surface area contributed by atoms with Crippen LogP contribution in [-0.2, 0) is 0 Å². The Balaban J connectivity index is 1.81. The van der Waals surface area contributed by atoms with Crippen molar-refractivity contribution in [2.75, 3.05) is 12.4 Å². The van der Waals surface area contributed by atoms with Gasteiger partial charge < -0.3 is 20.1 Å². The van der Waals surface area contributed by atoms with Crippen LogP contribution >= 0.6 is 11.6 Å². The summed E-state index contributed by atoms with van der Waals surface area (Å²) in [5, 5.41) is 15.1. The van der Waals surface area contributed by atoms with Crippen LogP contribution in [0.25, 0.3) is 22.2 Å². The molecule has 4 aromatic rings. The zero-order valence-corrected chi connectivity index (χ0v) is 15.2. The molecule has 1 aliphatic rings. The maximum Gasteiger partial charge on any atom is 0.176 e. The number of pyridine rings is 1. The molecule has 0 radical (unpaired) electrons. The number of ether oxygens (including phenoxy) is 1. The van der Waals surface area contributed by atoms with E-state index in [2.05, 4.69) is 27.4 Å². The van der Waals surface area contributed by atoms with Crippen LogP contribution < -0.4 is 10.1 Å². The lowest BCUT2D eigenvalue weighted by atomic mass is 9.96. The molecule has 1 aliphatic heterocycles. The van der Waals surface area contributed by atoms with Gasteiger partial charge in [0, 0.05) is 34.6 Å². The van der Waals surface area contributed by atoms with Gasteiger partial charge in [-0.2, -0.15) is 0 Å². The van der Waals surface area contributed by atoms with E-state index >= 15 is 0 Å². The van der Waals surface area contributed by atoms with Crippen molar-refractivity contribution in [1.82, 2.24) is 9.97 Å². The van der Waals surface area contributed by atoms with Gasteiger partial charge in [-0.05, 0) is 35.4 Å². The van der Waals surface area contributed by atoms with Gasteiger partial charge in [-0.3, -0.25) is 0 Å². The summed E-state index contributed by atoms with van der Waals surface area (Å²) in [7, 11) is 1.51. The number of hydrogen-bond donors (Lipinski definition) is 3. The van der Waals surface area contributed by atoms with Crippen LogP contribution in [-0.4, -0.2) is 22.2 Å². The zero-order chi connectivity index (χ0) is 18.5. The summed E-state index contributed by atoms with van der Waals surface area (Å²) in [6, 6.07) is 13.6. The van der Waals surface area contributed by atoms with E-state index in [1.807, 2.05) is 36.7 Å². The van der Waals surface area contributed by atoms with Crippen LogP contribution in [0.5, 0.6) is 11.5 Å². The van der Waals surface area contributed by atoms with Gasteiger partial charge in [0.05, 0.1) is 18.2 Å². The number of nitrogens with zero attached hydrogens (tertiary/aromatic N) is 1. The lowest BCUT2D eigenvalue weighted by molar-refractivity contribution is 0.373. The molecular formula is C21H16ClN3O2. The minimum Gasteiger partial charge on any atom is -0.503 e. The molecule has 5 nitrogen and oxygen atoms in total. The Morgan fingerprint density at radius 1 is 1.15 bits per heavy atom. The number of halogens is 1. The third-order valence-electron chi connectivity index (χ3n) is 5.04. The lowest BCUT2D eigenvalue weighted by Gasteiger charge is -2.21. The Kier molecular flexibility index (Phi) is 3.52. The van der Waals surface area contributed by atoms with Crippen LogP contribution in [0, 0.1) is 0 Å². The van der Waals surface area contributed by atoms with Crippen molar-refractivity contribution in [3.8, 4) is 22.6 Å². The number of H-pyrrole nitrogens is 1. The van der Waals surface area contributed by atoms with Crippen molar-refractivity contribution in [3.05, 3.63) is 71.0 Å². The van der Waals surface area contributed by atoms with Crippen LogP contribution in [0.4, 0.5) is 5.69 Å². The Hall–Kier alpha value is -3.18. The first kappa shape index (κ1) is 16.0. The molecule has 5 rings (SSSR count). The van der Waals surface area contributed by atoms with E-state index in [1.54, 1.807) is 6.07 Å². The molecule has 1 unspecified atom stereocenters. The number of aromatic amines is 1. The molecular weight excluding hydrogens is 362 g/mol. The van der Waals surface area contributed by atoms with Crippen LogP contribution in [0.3, 0.4) is 0 Å². The predicted octanol–water partition coefficient (Wildman–Crippen LogP) is 5.11. The third kappa shape index (κ3) is 2.35. The van der Waals surface area contributed by atoms with E-state index in [1.165, 1.54) is 7.11 Å². The van der Waals surface area contributed by atoms with Gasteiger partial charge in [0.15, 0.2) is 11.5 Å². The molecule has 0 spiro atoms. The topological polar surface area (TPSA) is 70.2 Å². The number of anilines is 1. The fourth-order valence-corrected chi connectivity index (χ4v) is 4.01. The molecule has 0 saturated carbocycles. The zero-order valence-electron chi connectivity index (χ0n) is 14.5. The van der Waals surface area contributed by atoms with Gasteiger partial charge >= 0.3 is 0 Å². The van der Waals surface area contributed by atoms with Crippen molar-refractivity contribution < 1.29 is 9.84 Å². The van der Waals surface area contributed by atoms with Gasteiger partial charge in [0.2, 0.25) is 0 Å². The van der Waals surface area contributed by atoms with Crippen LogP contribution in [0.1, 0.15) is 17.2 Å². The Morgan fingerprint density at radius 3 is 2.85 bits per heavy atom. The molecule has 3 heterocycles. The standard InChI is InChI=1S/C21H16ClN3O2/c1-27-17-9-11(8-15(22)20(17)26)19-14-10-24-21-18(14)13(6-7-23-21)12-4-2-3-5-16(12)25-19/h2-10,19,25-26H,1H3,(H,23,24). The highest BCUT2D eigenvalue weighted by atomic mass is 35.5. The first-order valence-electron chi connectivity index (χ1n) is 8.55. The van der Waals surface area contributed by atoms with E-state index in [-0.39, 0.29) is 16.8 Å². The minimum atomic E-state index is -0.183. The summed E-state index contributed by atoms with van der Waals surface area (Å²) in [6.45, 7) is 0. The maximum absolute atomic E-state index is 10.1. The number of hydrogen-bond acceptors (Lipinski definition) is 4. The summed E-state index contributed by atoms with van der Waals surface area (Å²) >= 11 is 6.26. The van der Waals surface area contributed by atoms with Gasteiger partial charge in [-0.25, -0.2) is 4.98 Å². The highest BCUT2D eigenvalue weighted by Crippen LogP contribution is 2.45. The number of methoxy groups -OCH3 is 1. The highest BCUT2D eigenvalue weighted by molar-refractivity contribution is 6.32. The number of benzene rings is 2. The molecule has 1 atom stereocenters. The second-order valence-electron chi connectivity index (χ2n) is 6.50. The highest BCUT2D eigenvalue weighted by Gasteiger charge is 2.27. The average Bonchev–Trinajstić information content (AvgIpc) is 3.06. The summed E-state index contributed by atoms with van der Waals surface area (Å²) in [5.41, 5.74) is 6.05. The molecule has 134 valence electrons. The molecule has 0 saturated heterocycles. The summed E-state index contributed by atoms with van der Waals surface area (Å²) in [4.78, 5) is 7.75. The number of nitrogens with one attached hydrogen (secondary N) is 2. The van der Waals surface area contributed by atoms with E-state index in [0.717, 1.165) is 39.0 Å². The van der Waals surface area contributed by atoms with Gasteiger partial charge in [-0.15, -0.1) is 0 Å². The smallest absolute Gasteiger partial charge is 0.176 e. The number of aromatic hydroxyl groups is 1. The fraction of sp³-hybridized carbons (Fsp3) is 0.0952. The van der Waals surface area contributed by atoms with Crippen LogP contribution in [0.2, 0.25) is 5.02 Å². The van der Waals surface area contributed by atoms with Crippen molar-refractivity contribution in [1.29, 1.82) is 0 Å². The monoisotopic (exact) mass is 377 g/mol. The normalized spacial score (nSPS) is 15.1. The molecule has 2 aromatic heterocycles. The summed E-state index contributed by atoms with van der Waals surface area (Å²) < 4.78 is 5.30. The number of rotatable bonds is 2. The quantitative estimate of drug-likeness (QED) is 0.454. The van der Waals surface area contributed by atoms with Gasteiger partial charge in [0.25, 0.3) is 0 Å². The number of fused-ring (bicyclic) bond motifs is 2. The molecule has 0 fully saturated rings. The summed E-state index contributed by atoms with van der Waals surface area (Å²) in [5.74, 6) is 0.285. The molecule has 0 aliphatic carbocycles. The van der Waals surface area contributed by atoms with Crippen molar-refractivity contribution in [2.45, 2.75) is 6.04 Å². The molecule has 0 bridgehead atoms. The number of para-hydroxylation sites is 1. The second kappa shape index (κ2) is 5.93. The van der Waals surface area contributed by atoms with Gasteiger partial charge in [0.1, 0.15) is 5.65 Å². The largest absolute Gasteiger partial charge is 0.503 e. The Bertz CT molecular complexity index is 1190. The van der Waals surface area contributed by atoms with Crippen molar-refractivity contribution >= 4 is 28.3 Å². The lowest BCUT2D eigenvalue weighted by Crippen LogP contribution is -2.11. The Morgan fingerprint density at radius 2 is 2.00 bits per heavy atom. The van der Waals surface area contributed by atoms with Crippen LogP contribution in [0.15, 0.2) is 54.9 Å². The second-order valence-corrected chi connectivity index (χ2v) is 6.91. The fourth-order valence-electron chi connectivity index (χ4n) is 3.79. The van der Waals surface area contributed by atoms with E-state index in [4.69, 9.17) is 16.3 Å². The van der Waals surface area contributed by atoms with Crippen molar-refractivity contribution in [3.63, 3.8) is 0 Å². The molecule has 6 heteroatoms. The molecule has 2 aromatic carbocycles. The number of aromatic nitrogens is 2. The number of phenols is 1.